The van der Waals surface area contributed by atoms with Crippen molar-refractivity contribution in [3.63, 3.8) is 0 Å². The summed E-state index contributed by atoms with van der Waals surface area (Å²) in [5, 5.41) is 28.1. The van der Waals surface area contributed by atoms with Crippen LogP contribution in [-0.4, -0.2) is 45.4 Å². The van der Waals surface area contributed by atoms with Crippen molar-refractivity contribution in [3.05, 3.63) is 41.8 Å². The number of aromatic nitrogens is 2. The summed E-state index contributed by atoms with van der Waals surface area (Å²) in [6.45, 7) is 0.482. The first-order valence-corrected chi connectivity index (χ1v) is 9.79. The van der Waals surface area contributed by atoms with Crippen LogP contribution in [-0.2, 0) is 0 Å². The second kappa shape index (κ2) is 8.97. The zero-order chi connectivity index (χ0) is 24.5. The molecular weight excluding hydrogens is 448 g/mol. The highest BCUT2D eigenvalue weighted by molar-refractivity contribution is 5.98. The van der Waals surface area contributed by atoms with E-state index in [0.29, 0.717) is 10.6 Å². The number of halogens is 4. The van der Waals surface area contributed by atoms with Gasteiger partial charge >= 0.3 is 6.18 Å². The number of nitrogens with two attached hydrogens (primary N) is 1. The predicted octanol–water partition coefficient (Wildman–Crippen LogP) is 2.16. The standard InChI is InChI=1S/C20H20F4N6O3/c1-10(20(22,23)24)15-16(11(8-25)6-7-29(15)19(32)33)30-9-14(17(26)31)18(28-30)27-13-4-2-12(21)3-5-13/h2-5,9-11,15-16H,6-7H2,1H3,(H2,26,31)(H,27,28)(H,32,33)/p-1/t10?,11-,15?,16-/m0/s1. The van der Waals surface area contributed by atoms with Crippen LogP contribution in [0.25, 0.3) is 0 Å². The summed E-state index contributed by atoms with van der Waals surface area (Å²) in [6, 6.07) is 3.73. The molecule has 2 unspecified atom stereocenters. The molecule has 1 fully saturated rings. The van der Waals surface area contributed by atoms with E-state index in [9.17, 15) is 37.5 Å². The van der Waals surface area contributed by atoms with E-state index in [4.69, 9.17) is 5.73 Å². The molecule has 176 valence electrons. The Morgan fingerprint density at radius 3 is 2.48 bits per heavy atom. The van der Waals surface area contributed by atoms with E-state index < -0.39 is 47.9 Å². The van der Waals surface area contributed by atoms with Gasteiger partial charge in [-0.25, -0.2) is 4.39 Å². The monoisotopic (exact) mass is 467 g/mol. The normalized spacial score (nSPS) is 21.8. The molecule has 1 aromatic carbocycles. The zero-order valence-electron chi connectivity index (χ0n) is 17.2. The fraction of sp³-hybridized carbons (Fsp3) is 0.400. The molecule has 1 aromatic heterocycles. The van der Waals surface area contributed by atoms with Gasteiger partial charge in [-0.15, -0.1) is 0 Å². The number of carboxylic acid groups (broad SMARTS) is 1. The summed E-state index contributed by atoms with van der Waals surface area (Å²) in [5.74, 6) is -4.85. The third-order valence-corrected chi connectivity index (χ3v) is 5.64. The number of amides is 2. The number of nitrogens with one attached hydrogen (secondary N) is 1. The number of likely N-dealkylation sites (tertiary alicyclic amines) is 1. The molecule has 0 radical (unpaired) electrons. The lowest BCUT2D eigenvalue weighted by molar-refractivity contribution is -0.277. The highest BCUT2D eigenvalue weighted by Crippen LogP contribution is 2.42. The zero-order valence-corrected chi connectivity index (χ0v) is 17.2. The topological polar surface area (TPSA) is 140 Å². The Hall–Kier alpha value is -3.82. The fourth-order valence-corrected chi connectivity index (χ4v) is 3.96. The van der Waals surface area contributed by atoms with E-state index in [0.717, 1.165) is 29.9 Å². The van der Waals surface area contributed by atoms with Crippen LogP contribution in [0, 0.1) is 29.0 Å². The maximum atomic E-state index is 13.7. The number of primary amides is 1. The van der Waals surface area contributed by atoms with Crippen molar-refractivity contribution in [1.82, 2.24) is 14.7 Å². The number of hydrogen-bond donors (Lipinski definition) is 2. The second-order valence-corrected chi connectivity index (χ2v) is 7.66. The molecule has 0 spiro atoms. The van der Waals surface area contributed by atoms with Crippen LogP contribution < -0.4 is 16.2 Å². The van der Waals surface area contributed by atoms with E-state index in [2.05, 4.69) is 10.4 Å². The Bertz CT molecular complexity index is 1080. The summed E-state index contributed by atoms with van der Waals surface area (Å²) in [5.41, 5.74) is 5.49. The number of benzene rings is 1. The average molecular weight is 467 g/mol. The van der Waals surface area contributed by atoms with Gasteiger partial charge in [-0.2, -0.15) is 23.5 Å². The summed E-state index contributed by atoms with van der Waals surface area (Å²) >= 11 is 0. The van der Waals surface area contributed by atoms with Gasteiger partial charge in [0.05, 0.1) is 30.0 Å². The summed E-state index contributed by atoms with van der Waals surface area (Å²) in [4.78, 5) is 24.1. The second-order valence-electron chi connectivity index (χ2n) is 7.66. The van der Waals surface area contributed by atoms with Crippen LogP contribution in [0.2, 0.25) is 0 Å². The molecule has 0 aliphatic carbocycles. The van der Waals surface area contributed by atoms with Crippen LogP contribution in [0.1, 0.15) is 29.7 Å². The van der Waals surface area contributed by atoms with Crippen molar-refractivity contribution >= 4 is 23.5 Å². The van der Waals surface area contributed by atoms with E-state index in [1.54, 1.807) is 0 Å². The lowest BCUT2D eigenvalue weighted by atomic mass is 9.80. The van der Waals surface area contributed by atoms with E-state index >= 15 is 0 Å². The van der Waals surface area contributed by atoms with E-state index in [1.165, 1.54) is 12.1 Å². The van der Waals surface area contributed by atoms with Gasteiger partial charge in [-0.3, -0.25) is 9.48 Å². The van der Waals surface area contributed by atoms with Crippen molar-refractivity contribution in [2.24, 2.45) is 17.6 Å². The van der Waals surface area contributed by atoms with Crippen LogP contribution in [0.5, 0.6) is 0 Å². The fourth-order valence-electron chi connectivity index (χ4n) is 3.96. The summed E-state index contributed by atoms with van der Waals surface area (Å²) in [6.07, 6.45) is -5.60. The Kier molecular flexibility index (Phi) is 6.48. The SMILES string of the molecule is CC(C1[C@@H](n2cc(C(N)=O)c(Nc3ccc(F)cc3)n2)[C@H](C#N)CCN1C(=O)[O-])C(F)(F)F. The van der Waals surface area contributed by atoms with Gasteiger partial charge in [-0.1, -0.05) is 6.92 Å². The molecule has 4 atom stereocenters. The van der Waals surface area contributed by atoms with Crippen LogP contribution >= 0.6 is 0 Å². The maximum Gasteiger partial charge on any atom is 0.393 e. The number of anilines is 2. The first-order valence-electron chi connectivity index (χ1n) is 9.79. The Balaban J connectivity index is 2.11. The minimum Gasteiger partial charge on any atom is -0.530 e. The smallest absolute Gasteiger partial charge is 0.393 e. The maximum absolute atomic E-state index is 13.7. The Morgan fingerprint density at radius 2 is 1.97 bits per heavy atom. The first kappa shape index (κ1) is 23.8. The number of hydrogen-bond acceptors (Lipinski definition) is 6. The minimum absolute atomic E-state index is 0.0668. The van der Waals surface area contributed by atoms with Gasteiger partial charge in [0, 0.05) is 18.4 Å². The van der Waals surface area contributed by atoms with Crippen LogP contribution in [0.3, 0.4) is 0 Å². The van der Waals surface area contributed by atoms with Gasteiger partial charge in [0.15, 0.2) is 5.82 Å². The molecule has 33 heavy (non-hydrogen) atoms. The quantitative estimate of drug-likeness (QED) is 0.646. The average Bonchev–Trinajstić information content (AvgIpc) is 3.16. The summed E-state index contributed by atoms with van der Waals surface area (Å²) in [7, 11) is 0. The predicted molar refractivity (Wildman–Crippen MR) is 104 cm³/mol. The molecule has 2 amide bonds. The van der Waals surface area contributed by atoms with Crippen molar-refractivity contribution in [1.29, 1.82) is 5.26 Å². The molecule has 1 saturated heterocycles. The Labute approximate surface area is 185 Å². The van der Waals surface area contributed by atoms with Gasteiger partial charge < -0.3 is 25.9 Å². The van der Waals surface area contributed by atoms with Crippen molar-refractivity contribution in [3.8, 4) is 6.07 Å². The number of carbonyl (C=O) groups excluding carboxylic acids is 2. The van der Waals surface area contributed by atoms with E-state index in [-0.39, 0.29) is 24.3 Å². The molecule has 13 heteroatoms. The highest BCUT2D eigenvalue weighted by atomic mass is 19.4. The van der Waals surface area contributed by atoms with Crippen molar-refractivity contribution in [2.75, 3.05) is 11.9 Å². The first-order chi connectivity index (χ1) is 15.4. The van der Waals surface area contributed by atoms with Crippen molar-refractivity contribution in [2.45, 2.75) is 31.6 Å². The molecule has 1 aliphatic rings. The lowest BCUT2D eigenvalue weighted by Gasteiger charge is -2.47. The van der Waals surface area contributed by atoms with Crippen LogP contribution in [0.4, 0.5) is 33.9 Å². The Morgan fingerprint density at radius 1 is 1.33 bits per heavy atom. The summed E-state index contributed by atoms with van der Waals surface area (Å²) < 4.78 is 55.1. The molecule has 3 rings (SSSR count). The molecular formula is C20H19F4N6O3-. The van der Waals surface area contributed by atoms with Gasteiger partial charge in [0.25, 0.3) is 5.91 Å². The lowest BCUT2D eigenvalue weighted by Crippen LogP contribution is -2.60. The van der Waals surface area contributed by atoms with E-state index in [1.807, 2.05) is 6.07 Å². The molecule has 9 nitrogen and oxygen atoms in total. The number of alkyl halides is 3. The third kappa shape index (κ3) is 4.84. The van der Waals surface area contributed by atoms with Crippen LogP contribution in [0.15, 0.2) is 30.5 Å². The van der Waals surface area contributed by atoms with Gasteiger partial charge in [-0.05, 0) is 30.7 Å². The van der Waals surface area contributed by atoms with Crippen molar-refractivity contribution < 1.29 is 32.3 Å². The number of piperidine rings is 1. The third-order valence-electron chi connectivity index (χ3n) is 5.64. The largest absolute Gasteiger partial charge is 0.530 e. The molecule has 0 saturated carbocycles. The number of carbonyl (C=O) groups is 2. The number of rotatable bonds is 5. The molecule has 0 bridgehead atoms. The van der Waals surface area contributed by atoms with Gasteiger partial charge in [0.2, 0.25) is 0 Å². The minimum atomic E-state index is -4.79. The molecule has 2 aromatic rings. The molecule has 1 aliphatic heterocycles. The van der Waals surface area contributed by atoms with Gasteiger partial charge in [0.1, 0.15) is 17.5 Å². The number of nitriles is 1. The number of nitrogens with zero attached hydrogens (tertiary/aromatic N) is 4. The highest BCUT2D eigenvalue weighted by Gasteiger charge is 2.51. The molecule has 2 heterocycles. The molecule has 3 N–H and O–H groups in total.